The van der Waals surface area contributed by atoms with Crippen LogP contribution in [0, 0.1) is 11.8 Å². The maximum Gasteiger partial charge on any atom is 0.405 e. The SMILES string of the molecule is O=C(O)NC(c1cn2ncc(C(C3CC3)N3C[C@@H](CC(F)(F)F)NC3=O)cc2n1)C1CCC(F)(F)CC1. The van der Waals surface area contributed by atoms with Crippen molar-refractivity contribution < 1.29 is 36.6 Å². The summed E-state index contributed by atoms with van der Waals surface area (Å²) in [5.74, 6) is -3.05. The molecule has 0 radical (unpaired) electrons. The molecule has 14 heteroatoms. The van der Waals surface area contributed by atoms with Crippen molar-refractivity contribution >= 4 is 17.8 Å². The minimum Gasteiger partial charge on any atom is -0.465 e. The molecule has 1 aliphatic heterocycles. The molecule has 3 heterocycles. The number of aromatic nitrogens is 3. The third kappa shape index (κ3) is 5.72. The number of urea groups is 1. The van der Waals surface area contributed by atoms with Gasteiger partial charge in [-0.15, -0.1) is 0 Å². The van der Waals surface area contributed by atoms with Gasteiger partial charge in [-0.25, -0.2) is 27.9 Å². The van der Waals surface area contributed by atoms with Gasteiger partial charge in [0.25, 0.3) is 0 Å². The highest BCUT2D eigenvalue weighted by Gasteiger charge is 2.45. The van der Waals surface area contributed by atoms with Crippen molar-refractivity contribution in [3.63, 3.8) is 0 Å². The summed E-state index contributed by atoms with van der Waals surface area (Å²) < 4.78 is 67.4. The zero-order chi connectivity index (χ0) is 26.5. The predicted molar refractivity (Wildman–Crippen MR) is 119 cm³/mol. The highest BCUT2D eigenvalue weighted by atomic mass is 19.4. The molecule has 1 saturated heterocycles. The zero-order valence-corrected chi connectivity index (χ0v) is 19.7. The maximum absolute atomic E-state index is 13.7. The molecule has 2 saturated carbocycles. The smallest absolute Gasteiger partial charge is 0.405 e. The van der Waals surface area contributed by atoms with E-state index in [-0.39, 0.29) is 44.1 Å². The van der Waals surface area contributed by atoms with Crippen molar-refractivity contribution in [2.75, 3.05) is 6.54 Å². The lowest BCUT2D eigenvalue weighted by atomic mass is 9.81. The molecular formula is C23H27F5N6O3. The van der Waals surface area contributed by atoms with E-state index < -0.39 is 48.8 Å². The van der Waals surface area contributed by atoms with Crippen molar-refractivity contribution in [1.82, 2.24) is 30.1 Å². The third-order valence-corrected chi connectivity index (χ3v) is 7.42. The van der Waals surface area contributed by atoms with E-state index in [4.69, 9.17) is 0 Å². The van der Waals surface area contributed by atoms with Gasteiger partial charge in [-0.3, -0.25) is 0 Å². The fraction of sp³-hybridized carbons (Fsp3) is 0.652. The molecule has 0 aromatic carbocycles. The first-order valence-corrected chi connectivity index (χ1v) is 12.2. The van der Waals surface area contributed by atoms with Gasteiger partial charge in [0.15, 0.2) is 5.65 Å². The molecule has 3 aliphatic rings. The summed E-state index contributed by atoms with van der Waals surface area (Å²) in [7, 11) is 0. The molecule has 5 rings (SSSR count). The Labute approximate surface area is 208 Å². The standard InChI is InChI=1S/C23H27F5N6O3/c24-22(25)5-3-12(4-6-22)18(32-21(36)37)16-11-34-17(31-16)7-14(9-29-34)19(13-1-2-13)33-10-15(30-20(33)35)8-23(26,27)28/h7,9,11-13,15,18-19,32H,1-6,8,10H2,(H,30,35)(H,36,37)/t15-,18?,19?/m1/s1. The molecule has 202 valence electrons. The Bertz CT molecular complexity index is 1170. The number of rotatable bonds is 7. The molecule has 2 unspecified atom stereocenters. The number of alkyl halides is 5. The van der Waals surface area contributed by atoms with Crippen molar-refractivity contribution in [3.05, 3.63) is 29.7 Å². The Morgan fingerprint density at radius 2 is 1.92 bits per heavy atom. The summed E-state index contributed by atoms with van der Waals surface area (Å²) in [5, 5.41) is 18.5. The molecule has 3 N–H and O–H groups in total. The molecule has 2 aromatic rings. The molecule has 2 aromatic heterocycles. The normalized spacial score (nSPS) is 24.2. The number of imidazole rings is 1. The molecule has 2 aliphatic carbocycles. The topological polar surface area (TPSA) is 112 Å². The van der Waals surface area contributed by atoms with Crippen LogP contribution in [0.25, 0.3) is 5.65 Å². The fourth-order valence-electron chi connectivity index (χ4n) is 5.56. The van der Waals surface area contributed by atoms with Gasteiger partial charge in [-0.05, 0) is 49.1 Å². The van der Waals surface area contributed by atoms with Crippen LogP contribution in [0.15, 0.2) is 18.5 Å². The average molecular weight is 530 g/mol. The summed E-state index contributed by atoms with van der Waals surface area (Å²) in [6.45, 7) is -0.0820. The summed E-state index contributed by atoms with van der Waals surface area (Å²) in [4.78, 5) is 30.0. The number of hydrogen-bond acceptors (Lipinski definition) is 4. The Morgan fingerprint density at radius 1 is 1.22 bits per heavy atom. The molecule has 3 amide bonds. The Morgan fingerprint density at radius 3 is 2.54 bits per heavy atom. The van der Waals surface area contributed by atoms with Crippen LogP contribution in [0.1, 0.15) is 68.3 Å². The van der Waals surface area contributed by atoms with E-state index in [0.29, 0.717) is 16.9 Å². The lowest BCUT2D eigenvalue weighted by Gasteiger charge is -2.32. The number of halogens is 5. The van der Waals surface area contributed by atoms with Gasteiger partial charge in [0.2, 0.25) is 5.92 Å². The van der Waals surface area contributed by atoms with Crippen LogP contribution in [0.4, 0.5) is 31.5 Å². The van der Waals surface area contributed by atoms with Crippen LogP contribution in [-0.4, -0.2) is 61.4 Å². The number of carbonyl (C=O) groups is 2. The summed E-state index contributed by atoms with van der Waals surface area (Å²) in [6, 6.07) is -1.17. The molecule has 9 nitrogen and oxygen atoms in total. The second-order valence-electron chi connectivity index (χ2n) is 10.3. The maximum atomic E-state index is 13.7. The summed E-state index contributed by atoms with van der Waals surface area (Å²) in [5.41, 5.74) is 1.33. The largest absolute Gasteiger partial charge is 0.465 e. The van der Waals surface area contributed by atoms with E-state index in [1.165, 1.54) is 15.6 Å². The van der Waals surface area contributed by atoms with Crippen LogP contribution < -0.4 is 10.6 Å². The molecule has 3 atom stereocenters. The Kier molecular flexibility index (Phi) is 6.39. The predicted octanol–water partition coefficient (Wildman–Crippen LogP) is 4.66. The van der Waals surface area contributed by atoms with E-state index in [9.17, 15) is 36.6 Å². The van der Waals surface area contributed by atoms with Gasteiger partial charge >= 0.3 is 18.3 Å². The van der Waals surface area contributed by atoms with Crippen molar-refractivity contribution in [3.8, 4) is 0 Å². The first-order chi connectivity index (χ1) is 17.4. The van der Waals surface area contributed by atoms with Gasteiger partial charge in [0, 0.05) is 19.4 Å². The van der Waals surface area contributed by atoms with E-state index in [2.05, 4.69) is 20.7 Å². The summed E-state index contributed by atoms with van der Waals surface area (Å²) in [6.07, 6.45) is -2.48. The quantitative estimate of drug-likeness (QED) is 0.451. The molecule has 3 fully saturated rings. The van der Waals surface area contributed by atoms with Crippen LogP contribution in [-0.2, 0) is 0 Å². The zero-order valence-electron chi connectivity index (χ0n) is 19.7. The van der Waals surface area contributed by atoms with Crippen molar-refractivity contribution in [2.45, 2.75) is 75.2 Å². The number of amides is 3. The van der Waals surface area contributed by atoms with Crippen LogP contribution >= 0.6 is 0 Å². The first kappa shape index (κ1) is 25.5. The van der Waals surface area contributed by atoms with Gasteiger partial charge < -0.3 is 20.6 Å². The molecular weight excluding hydrogens is 503 g/mol. The number of hydrogen-bond donors (Lipinski definition) is 3. The number of nitrogens with one attached hydrogen (secondary N) is 2. The first-order valence-electron chi connectivity index (χ1n) is 12.2. The third-order valence-electron chi connectivity index (χ3n) is 7.42. The minimum atomic E-state index is -4.40. The highest BCUT2D eigenvalue weighted by Crippen LogP contribution is 2.46. The van der Waals surface area contributed by atoms with Gasteiger partial charge in [0.05, 0.1) is 42.6 Å². The second kappa shape index (κ2) is 9.28. The molecule has 0 spiro atoms. The van der Waals surface area contributed by atoms with E-state index >= 15 is 0 Å². The van der Waals surface area contributed by atoms with E-state index in [1.807, 2.05) is 0 Å². The lowest BCUT2D eigenvalue weighted by Crippen LogP contribution is -2.36. The van der Waals surface area contributed by atoms with Crippen molar-refractivity contribution in [2.24, 2.45) is 11.8 Å². The van der Waals surface area contributed by atoms with Crippen LogP contribution in [0.5, 0.6) is 0 Å². The average Bonchev–Trinajstić information content (AvgIpc) is 3.43. The lowest BCUT2D eigenvalue weighted by molar-refractivity contribution is -0.138. The minimum absolute atomic E-state index is 0.0820. The van der Waals surface area contributed by atoms with Crippen LogP contribution in [0.2, 0.25) is 0 Å². The highest BCUT2D eigenvalue weighted by molar-refractivity contribution is 5.77. The number of nitrogens with zero attached hydrogens (tertiary/aromatic N) is 4. The fourth-order valence-corrected chi connectivity index (χ4v) is 5.56. The van der Waals surface area contributed by atoms with E-state index in [1.54, 1.807) is 12.3 Å². The van der Waals surface area contributed by atoms with Gasteiger partial charge in [-0.1, -0.05) is 0 Å². The van der Waals surface area contributed by atoms with E-state index in [0.717, 1.165) is 12.8 Å². The van der Waals surface area contributed by atoms with Crippen LogP contribution in [0.3, 0.4) is 0 Å². The molecule has 37 heavy (non-hydrogen) atoms. The second-order valence-corrected chi connectivity index (χ2v) is 10.3. The number of carbonyl (C=O) groups excluding carboxylic acids is 1. The number of fused-ring (bicyclic) bond motifs is 1. The van der Waals surface area contributed by atoms with Crippen molar-refractivity contribution in [1.29, 1.82) is 0 Å². The molecule has 0 bridgehead atoms. The Balaban J connectivity index is 1.40. The van der Waals surface area contributed by atoms with Gasteiger partial charge in [0.1, 0.15) is 0 Å². The Hall–Kier alpha value is -3.19. The van der Waals surface area contributed by atoms with Gasteiger partial charge in [-0.2, -0.15) is 18.3 Å². The summed E-state index contributed by atoms with van der Waals surface area (Å²) >= 11 is 0. The monoisotopic (exact) mass is 530 g/mol. The number of carboxylic acid groups (broad SMARTS) is 1.